The fourth-order valence-corrected chi connectivity index (χ4v) is 4.09. The molecular formula is C17H17Cl3N2S. The van der Waals surface area contributed by atoms with E-state index in [0.29, 0.717) is 10.0 Å². The van der Waals surface area contributed by atoms with Gasteiger partial charge in [0.2, 0.25) is 0 Å². The van der Waals surface area contributed by atoms with Crippen molar-refractivity contribution < 1.29 is 0 Å². The Morgan fingerprint density at radius 2 is 1.65 bits per heavy atom. The van der Waals surface area contributed by atoms with E-state index in [1.807, 2.05) is 24.3 Å². The van der Waals surface area contributed by atoms with Gasteiger partial charge in [0.1, 0.15) is 0 Å². The third-order valence-corrected chi connectivity index (χ3v) is 5.71. The summed E-state index contributed by atoms with van der Waals surface area (Å²) < 4.78 is 2.37. The van der Waals surface area contributed by atoms with E-state index in [0.717, 1.165) is 30.3 Å². The summed E-state index contributed by atoms with van der Waals surface area (Å²) in [6, 6.07) is 14.0. The average molecular weight is 388 g/mol. The Labute approximate surface area is 156 Å². The van der Waals surface area contributed by atoms with Gasteiger partial charge in [0, 0.05) is 29.7 Å². The molecule has 1 aliphatic rings. The quantitative estimate of drug-likeness (QED) is 0.616. The van der Waals surface area contributed by atoms with Gasteiger partial charge in [-0.25, -0.2) is 4.31 Å². The van der Waals surface area contributed by atoms with Gasteiger partial charge in [-0.05, 0) is 42.2 Å². The summed E-state index contributed by atoms with van der Waals surface area (Å²) in [6.07, 6.45) is 2.11. The lowest BCUT2D eigenvalue weighted by Crippen LogP contribution is -2.46. The molecule has 6 heteroatoms. The van der Waals surface area contributed by atoms with Crippen molar-refractivity contribution in [3.8, 4) is 0 Å². The van der Waals surface area contributed by atoms with Gasteiger partial charge in [0.15, 0.2) is 0 Å². The smallest absolute Gasteiger partial charge is 0.0680 e. The van der Waals surface area contributed by atoms with Crippen LogP contribution in [-0.4, -0.2) is 30.2 Å². The van der Waals surface area contributed by atoms with Crippen molar-refractivity contribution in [2.75, 3.05) is 30.8 Å². The van der Waals surface area contributed by atoms with E-state index < -0.39 is 0 Å². The number of anilines is 1. The van der Waals surface area contributed by atoms with E-state index >= 15 is 0 Å². The van der Waals surface area contributed by atoms with Gasteiger partial charge in [-0.2, -0.15) is 0 Å². The van der Waals surface area contributed by atoms with Crippen LogP contribution in [0.25, 0.3) is 0 Å². The van der Waals surface area contributed by atoms with Crippen LogP contribution in [0.1, 0.15) is 11.6 Å². The van der Waals surface area contributed by atoms with Crippen LogP contribution >= 0.6 is 46.8 Å². The van der Waals surface area contributed by atoms with Crippen LogP contribution < -0.4 is 4.90 Å². The first-order chi connectivity index (χ1) is 11.1. The van der Waals surface area contributed by atoms with Crippen molar-refractivity contribution in [2.45, 2.75) is 6.04 Å². The van der Waals surface area contributed by atoms with Crippen LogP contribution in [0.5, 0.6) is 0 Å². The van der Waals surface area contributed by atoms with Gasteiger partial charge in [-0.1, -0.05) is 58.9 Å². The molecule has 0 amide bonds. The Balaban J connectivity index is 1.97. The fraction of sp³-hybridized carbons (Fsp3) is 0.294. The van der Waals surface area contributed by atoms with Crippen LogP contribution in [0.4, 0.5) is 5.69 Å². The van der Waals surface area contributed by atoms with E-state index in [-0.39, 0.29) is 6.04 Å². The van der Waals surface area contributed by atoms with Gasteiger partial charge in [-0.3, -0.25) is 0 Å². The first kappa shape index (κ1) is 17.2. The first-order valence-corrected chi connectivity index (χ1v) is 9.66. The normalized spacial score (nSPS) is 19.1. The Bertz CT molecular complexity index is 678. The summed E-state index contributed by atoms with van der Waals surface area (Å²) in [4.78, 5) is 2.36. The summed E-state index contributed by atoms with van der Waals surface area (Å²) >= 11 is 20.3. The lowest BCUT2D eigenvalue weighted by Gasteiger charge is -2.42. The molecule has 0 saturated carbocycles. The minimum atomic E-state index is 0.229. The number of nitrogens with zero attached hydrogens (tertiary/aromatic N) is 2. The molecule has 0 N–H and O–H groups in total. The highest BCUT2D eigenvalue weighted by atomic mass is 35.5. The average Bonchev–Trinajstić information content (AvgIpc) is 2.55. The molecule has 1 fully saturated rings. The van der Waals surface area contributed by atoms with Crippen LogP contribution in [0.15, 0.2) is 42.5 Å². The highest BCUT2D eigenvalue weighted by Crippen LogP contribution is 2.37. The Morgan fingerprint density at radius 3 is 2.30 bits per heavy atom. The summed E-state index contributed by atoms with van der Waals surface area (Å²) in [5.74, 6) is 0. The molecule has 0 radical (unpaired) electrons. The zero-order valence-electron chi connectivity index (χ0n) is 12.7. The maximum Gasteiger partial charge on any atom is 0.0680 e. The molecule has 0 aromatic heterocycles. The van der Waals surface area contributed by atoms with Gasteiger partial charge in [0.25, 0.3) is 0 Å². The fourth-order valence-electron chi connectivity index (χ4n) is 2.90. The molecule has 0 aliphatic carbocycles. The zero-order chi connectivity index (χ0) is 16.4. The molecule has 1 aliphatic heterocycles. The van der Waals surface area contributed by atoms with E-state index in [4.69, 9.17) is 34.8 Å². The van der Waals surface area contributed by atoms with Crippen LogP contribution in [-0.2, 0) is 0 Å². The topological polar surface area (TPSA) is 6.48 Å². The van der Waals surface area contributed by atoms with E-state index in [1.54, 1.807) is 18.0 Å². The van der Waals surface area contributed by atoms with Gasteiger partial charge in [0.05, 0.1) is 16.8 Å². The summed E-state index contributed by atoms with van der Waals surface area (Å²) in [5, 5.41) is 2.10. The number of piperazine rings is 1. The van der Waals surface area contributed by atoms with E-state index in [2.05, 4.69) is 27.6 Å². The molecule has 23 heavy (non-hydrogen) atoms. The molecule has 0 spiro atoms. The monoisotopic (exact) mass is 386 g/mol. The van der Waals surface area contributed by atoms with Crippen LogP contribution in [0, 0.1) is 0 Å². The second kappa shape index (κ2) is 7.54. The Hall–Kier alpha value is -0.580. The minimum Gasteiger partial charge on any atom is -0.361 e. The summed E-state index contributed by atoms with van der Waals surface area (Å²) in [6.45, 7) is 2.83. The number of rotatable bonds is 3. The molecule has 0 bridgehead atoms. The van der Waals surface area contributed by atoms with Gasteiger partial charge < -0.3 is 4.90 Å². The number of hydrogen-bond donors (Lipinski definition) is 0. The largest absolute Gasteiger partial charge is 0.361 e. The molecule has 1 saturated heterocycles. The molecular weight excluding hydrogens is 371 g/mol. The van der Waals surface area contributed by atoms with Crippen LogP contribution in [0.3, 0.4) is 0 Å². The molecule has 1 heterocycles. The standard InChI is InChI=1S/C17H17Cl3N2S/c1-23-21-8-9-22(16-7-6-14(19)10-15(16)20)17(11-21)12-2-4-13(18)5-3-12/h2-7,10,17H,8-9,11H2,1H3. The minimum absolute atomic E-state index is 0.229. The lowest BCUT2D eigenvalue weighted by molar-refractivity contribution is 0.366. The van der Waals surface area contributed by atoms with E-state index in [9.17, 15) is 0 Å². The first-order valence-electron chi connectivity index (χ1n) is 7.34. The van der Waals surface area contributed by atoms with Crippen molar-refractivity contribution >= 4 is 52.4 Å². The highest BCUT2D eigenvalue weighted by molar-refractivity contribution is 7.96. The second-order valence-corrected chi connectivity index (χ2v) is 7.59. The zero-order valence-corrected chi connectivity index (χ0v) is 15.8. The maximum absolute atomic E-state index is 6.45. The second-order valence-electron chi connectivity index (χ2n) is 5.43. The molecule has 2 aromatic carbocycles. The third kappa shape index (κ3) is 3.92. The van der Waals surface area contributed by atoms with Crippen molar-refractivity contribution in [1.82, 2.24) is 4.31 Å². The van der Waals surface area contributed by atoms with Crippen molar-refractivity contribution in [3.05, 3.63) is 63.1 Å². The van der Waals surface area contributed by atoms with Crippen molar-refractivity contribution in [1.29, 1.82) is 0 Å². The SMILES string of the molecule is CSN1CCN(c2ccc(Cl)cc2Cl)C(c2ccc(Cl)cc2)C1. The van der Waals surface area contributed by atoms with Crippen molar-refractivity contribution in [2.24, 2.45) is 0 Å². The van der Waals surface area contributed by atoms with E-state index in [1.165, 1.54) is 5.56 Å². The van der Waals surface area contributed by atoms with Crippen molar-refractivity contribution in [3.63, 3.8) is 0 Å². The molecule has 2 aromatic rings. The molecule has 1 unspecified atom stereocenters. The number of halogens is 3. The Kier molecular flexibility index (Phi) is 5.65. The molecule has 3 rings (SSSR count). The molecule has 1 atom stereocenters. The summed E-state index contributed by atoms with van der Waals surface area (Å²) in [5.41, 5.74) is 2.26. The lowest BCUT2D eigenvalue weighted by atomic mass is 10.0. The maximum atomic E-state index is 6.45. The third-order valence-electron chi connectivity index (χ3n) is 4.08. The van der Waals surface area contributed by atoms with Gasteiger partial charge in [-0.15, -0.1) is 0 Å². The van der Waals surface area contributed by atoms with Gasteiger partial charge >= 0.3 is 0 Å². The number of hydrogen-bond acceptors (Lipinski definition) is 3. The molecule has 2 nitrogen and oxygen atoms in total. The summed E-state index contributed by atoms with van der Waals surface area (Å²) in [7, 11) is 0. The predicted molar refractivity (Wildman–Crippen MR) is 103 cm³/mol. The predicted octanol–water partition coefficient (Wildman–Crippen LogP) is 5.79. The highest BCUT2D eigenvalue weighted by Gasteiger charge is 2.29. The Morgan fingerprint density at radius 1 is 0.957 bits per heavy atom. The van der Waals surface area contributed by atoms with Crippen LogP contribution in [0.2, 0.25) is 15.1 Å². The number of benzene rings is 2. The molecule has 122 valence electrons.